The first-order valence-corrected chi connectivity index (χ1v) is 9.46. The number of piperazine rings is 1. The van der Waals surface area contributed by atoms with Crippen molar-refractivity contribution in [3.8, 4) is 0 Å². The molecule has 0 aliphatic carbocycles. The van der Waals surface area contributed by atoms with Crippen LogP contribution in [0.4, 0.5) is 0 Å². The molecule has 1 aromatic carbocycles. The lowest BCUT2D eigenvalue weighted by Gasteiger charge is -2.39. The van der Waals surface area contributed by atoms with Crippen LogP contribution >= 0.6 is 0 Å². The summed E-state index contributed by atoms with van der Waals surface area (Å²) in [6.07, 6.45) is 6.15. The van der Waals surface area contributed by atoms with Crippen molar-refractivity contribution < 1.29 is 9.90 Å². The third kappa shape index (κ3) is 3.49. The number of hydrogen-bond acceptors (Lipinski definition) is 4. The van der Waals surface area contributed by atoms with Gasteiger partial charge in [-0.15, -0.1) is 0 Å². The smallest absolute Gasteiger partial charge is 0.310 e. The Labute approximate surface area is 159 Å². The van der Waals surface area contributed by atoms with Gasteiger partial charge in [0.05, 0.1) is 11.1 Å². The molecule has 0 amide bonds. The van der Waals surface area contributed by atoms with Crippen LogP contribution in [-0.2, 0) is 11.3 Å². The molecular weight excluding hydrogens is 340 g/mol. The van der Waals surface area contributed by atoms with E-state index in [0.29, 0.717) is 6.54 Å². The Morgan fingerprint density at radius 2 is 1.93 bits per heavy atom. The minimum atomic E-state index is -0.741. The zero-order valence-corrected chi connectivity index (χ0v) is 15.9. The van der Waals surface area contributed by atoms with Crippen LogP contribution in [0.25, 0.3) is 11.8 Å². The standard InChI is InChI=1S/C21H26N4O2/c1-21(2,20(26)27)15-23-9-11-24(12-10-23)18-13-16-5-3-4-6-17(16)14-25-8-7-22-19(18)25/h3-8,13H,9-12,14-15H2,1-2H3,(H,26,27). The van der Waals surface area contributed by atoms with Crippen LogP contribution in [0.5, 0.6) is 0 Å². The summed E-state index contributed by atoms with van der Waals surface area (Å²) in [4.78, 5) is 20.7. The fraction of sp³-hybridized carbons (Fsp3) is 0.429. The van der Waals surface area contributed by atoms with Gasteiger partial charge in [0, 0.05) is 51.7 Å². The quantitative estimate of drug-likeness (QED) is 0.901. The van der Waals surface area contributed by atoms with E-state index in [9.17, 15) is 9.90 Å². The maximum Gasteiger partial charge on any atom is 0.310 e. The van der Waals surface area contributed by atoms with Crippen molar-refractivity contribution in [2.75, 3.05) is 32.7 Å². The summed E-state index contributed by atoms with van der Waals surface area (Å²) in [5.74, 6) is 0.264. The summed E-state index contributed by atoms with van der Waals surface area (Å²) >= 11 is 0. The van der Waals surface area contributed by atoms with Gasteiger partial charge in [-0.25, -0.2) is 4.98 Å². The second-order valence-electron chi connectivity index (χ2n) is 8.06. The molecule has 2 aliphatic heterocycles. The highest BCUT2D eigenvalue weighted by Gasteiger charge is 2.32. The van der Waals surface area contributed by atoms with Gasteiger partial charge in [-0.1, -0.05) is 24.3 Å². The van der Waals surface area contributed by atoms with Crippen LogP contribution in [0, 0.1) is 5.41 Å². The molecule has 2 aliphatic rings. The van der Waals surface area contributed by atoms with Crippen molar-refractivity contribution >= 4 is 17.7 Å². The summed E-state index contributed by atoms with van der Waals surface area (Å²) in [5, 5.41) is 9.38. The van der Waals surface area contributed by atoms with Gasteiger partial charge in [0.1, 0.15) is 0 Å². The summed E-state index contributed by atoms with van der Waals surface area (Å²) in [6.45, 7) is 8.46. The summed E-state index contributed by atoms with van der Waals surface area (Å²) in [5.41, 5.74) is 2.97. The third-order valence-electron chi connectivity index (χ3n) is 5.54. The lowest BCUT2D eigenvalue weighted by Crippen LogP contribution is -2.49. The number of aliphatic carboxylic acids is 1. The molecule has 0 bridgehead atoms. The highest BCUT2D eigenvalue weighted by molar-refractivity contribution is 5.80. The number of carboxylic acid groups (broad SMARTS) is 1. The Balaban J connectivity index is 1.54. The molecule has 0 saturated carbocycles. The number of carbonyl (C=O) groups is 1. The first kappa shape index (κ1) is 17.8. The number of fused-ring (bicyclic) bond motifs is 2. The Bertz CT molecular complexity index is 876. The monoisotopic (exact) mass is 366 g/mol. The van der Waals surface area contributed by atoms with E-state index in [0.717, 1.165) is 44.2 Å². The molecule has 1 aromatic heterocycles. The fourth-order valence-corrected chi connectivity index (χ4v) is 3.89. The predicted octanol–water partition coefficient (Wildman–Crippen LogP) is 2.47. The molecule has 0 spiro atoms. The van der Waals surface area contributed by atoms with Gasteiger partial charge in [-0.3, -0.25) is 9.69 Å². The van der Waals surface area contributed by atoms with E-state index in [-0.39, 0.29) is 0 Å². The van der Waals surface area contributed by atoms with Gasteiger partial charge in [0.15, 0.2) is 5.82 Å². The highest BCUT2D eigenvalue weighted by atomic mass is 16.4. The Morgan fingerprint density at radius 1 is 1.19 bits per heavy atom. The number of carboxylic acids is 1. The maximum absolute atomic E-state index is 11.4. The zero-order chi connectivity index (χ0) is 19.0. The number of nitrogens with zero attached hydrogens (tertiary/aromatic N) is 4. The van der Waals surface area contributed by atoms with Crippen molar-refractivity contribution in [2.45, 2.75) is 20.4 Å². The van der Waals surface area contributed by atoms with Gasteiger partial charge >= 0.3 is 5.97 Å². The summed E-state index contributed by atoms with van der Waals surface area (Å²) < 4.78 is 2.21. The average molecular weight is 366 g/mol. The number of benzene rings is 1. The molecule has 6 nitrogen and oxygen atoms in total. The largest absolute Gasteiger partial charge is 0.481 e. The van der Waals surface area contributed by atoms with Gasteiger partial charge < -0.3 is 14.6 Å². The minimum absolute atomic E-state index is 0.576. The van der Waals surface area contributed by atoms with Crippen LogP contribution in [-0.4, -0.2) is 63.2 Å². The van der Waals surface area contributed by atoms with Crippen LogP contribution in [0.15, 0.2) is 36.7 Å². The van der Waals surface area contributed by atoms with E-state index < -0.39 is 11.4 Å². The molecule has 3 heterocycles. The summed E-state index contributed by atoms with van der Waals surface area (Å²) in [7, 11) is 0. The molecule has 142 valence electrons. The zero-order valence-electron chi connectivity index (χ0n) is 15.9. The van der Waals surface area contributed by atoms with Crippen molar-refractivity contribution in [3.63, 3.8) is 0 Å². The van der Waals surface area contributed by atoms with Crippen LogP contribution < -0.4 is 0 Å². The van der Waals surface area contributed by atoms with E-state index in [1.807, 2.05) is 12.4 Å². The molecule has 1 N–H and O–H groups in total. The molecule has 2 aromatic rings. The molecule has 1 fully saturated rings. The van der Waals surface area contributed by atoms with Gasteiger partial charge in [-0.2, -0.15) is 0 Å². The number of hydrogen-bond donors (Lipinski definition) is 1. The van der Waals surface area contributed by atoms with Crippen LogP contribution in [0.2, 0.25) is 0 Å². The molecule has 27 heavy (non-hydrogen) atoms. The number of imidazole rings is 1. The maximum atomic E-state index is 11.4. The fourth-order valence-electron chi connectivity index (χ4n) is 3.89. The Hall–Kier alpha value is -2.60. The van der Waals surface area contributed by atoms with Crippen LogP contribution in [0.1, 0.15) is 30.8 Å². The van der Waals surface area contributed by atoms with Crippen LogP contribution in [0.3, 0.4) is 0 Å². The SMILES string of the molecule is CC(C)(CN1CCN(C2=Cc3ccccc3Cn3ccnc32)CC1)C(=O)O. The molecule has 0 atom stereocenters. The van der Waals surface area contributed by atoms with Crippen molar-refractivity contribution in [2.24, 2.45) is 5.41 Å². The number of rotatable bonds is 4. The Morgan fingerprint density at radius 3 is 2.67 bits per heavy atom. The molecular formula is C21H26N4O2. The van der Waals surface area contributed by atoms with E-state index in [1.165, 1.54) is 11.1 Å². The van der Waals surface area contributed by atoms with Crippen molar-refractivity contribution in [3.05, 3.63) is 53.6 Å². The van der Waals surface area contributed by atoms with Crippen molar-refractivity contribution in [1.29, 1.82) is 0 Å². The average Bonchev–Trinajstić information content (AvgIpc) is 3.03. The minimum Gasteiger partial charge on any atom is -0.481 e. The third-order valence-corrected chi connectivity index (χ3v) is 5.54. The topological polar surface area (TPSA) is 61.6 Å². The van der Waals surface area contributed by atoms with Crippen molar-refractivity contribution in [1.82, 2.24) is 19.4 Å². The molecule has 6 heteroatoms. The molecule has 0 unspecified atom stereocenters. The normalized spacial score (nSPS) is 17.7. The highest BCUT2D eigenvalue weighted by Crippen LogP contribution is 2.29. The first-order valence-electron chi connectivity index (χ1n) is 9.46. The van der Waals surface area contributed by atoms with Gasteiger partial charge in [-0.05, 0) is 31.1 Å². The summed E-state index contributed by atoms with van der Waals surface area (Å²) in [6, 6.07) is 8.49. The van der Waals surface area contributed by atoms with Gasteiger partial charge in [0.2, 0.25) is 0 Å². The molecule has 1 saturated heterocycles. The van der Waals surface area contributed by atoms with E-state index in [2.05, 4.69) is 49.7 Å². The molecule has 4 rings (SSSR count). The number of aromatic nitrogens is 2. The van der Waals surface area contributed by atoms with E-state index >= 15 is 0 Å². The Kier molecular flexibility index (Phi) is 4.52. The first-order chi connectivity index (χ1) is 12.9. The molecule has 0 radical (unpaired) electrons. The van der Waals surface area contributed by atoms with E-state index in [4.69, 9.17) is 0 Å². The van der Waals surface area contributed by atoms with Gasteiger partial charge in [0.25, 0.3) is 0 Å². The second kappa shape index (κ2) is 6.85. The second-order valence-corrected chi connectivity index (χ2v) is 8.06. The lowest BCUT2D eigenvalue weighted by atomic mass is 9.93. The lowest BCUT2D eigenvalue weighted by molar-refractivity contribution is -0.148. The van der Waals surface area contributed by atoms with E-state index in [1.54, 1.807) is 13.8 Å². The predicted molar refractivity (Wildman–Crippen MR) is 105 cm³/mol.